The van der Waals surface area contributed by atoms with Gasteiger partial charge in [0.15, 0.2) is 0 Å². The van der Waals surface area contributed by atoms with Crippen molar-refractivity contribution in [3.05, 3.63) is 21.9 Å². The molecule has 11 heavy (non-hydrogen) atoms. The van der Waals surface area contributed by atoms with Gasteiger partial charge >= 0.3 is 0 Å². The van der Waals surface area contributed by atoms with E-state index in [4.69, 9.17) is 0 Å². The second kappa shape index (κ2) is 3.61. The van der Waals surface area contributed by atoms with Gasteiger partial charge in [-0.1, -0.05) is 0 Å². The highest BCUT2D eigenvalue weighted by Crippen LogP contribution is 2.18. The quantitative estimate of drug-likeness (QED) is 0.708. The van der Waals surface area contributed by atoms with Crippen LogP contribution in [0.25, 0.3) is 0 Å². The summed E-state index contributed by atoms with van der Waals surface area (Å²) >= 11 is 3.41. The smallest absolute Gasteiger partial charge is 0.0825 e. The van der Waals surface area contributed by atoms with Gasteiger partial charge in [0.05, 0.1) is 4.60 Å². The van der Waals surface area contributed by atoms with Gasteiger partial charge in [-0.15, -0.1) is 12.4 Å². The Morgan fingerprint density at radius 1 is 1.45 bits per heavy atom. The fourth-order valence-electron chi connectivity index (χ4n) is 1.32. The molecule has 0 amide bonds. The zero-order chi connectivity index (χ0) is 6.97. The lowest BCUT2D eigenvalue weighted by molar-refractivity contribution is 0.638. The number of aromatic amines is 1. The highest BCUT2D eigenvalue weighted by atomic mass is 79.9. The Kier molecular flexibility index (Phi) is 2.98. The highest BCUT2D eigenvalue weighted by molar-refractivity contribution is 9.10. The monoisotopic (exact) mass is 236 g/mol. The SMILES string of the molecule is Brc1cc2c([nH]1)CCNC2.Cl. The first-order valence-corrected chi connectivity index (χ1v) is 4.22. The Hall–Kier alpha value is 0.01000. The van der Waals surface area contributed by atoms with Crippen LogP contribution in [-0.2, 0) is 13.0 Å². The number of nitrogens with one attached hydrogen (secondary N) is 2. The van der Waals surface area contributed by atoms with Crippen LogP contribution in [0.4, 0.5) is 0 Å². The van der Waals surface area contributed by atoms with E-state index in [-0.39, 0.29) is 12.4 Å². The molecule has 0 atom stereocenters. The highest BCUT2D eigenvalue weighted by Gasteiger charge is 2.09. The summed E-state index contributed by atoms with van der Waals surface area (Å²) in [6.07, 6.45) is 1.13. The number of rotatable bonds is 0. The first-order chi connectivity index (χ1) is 4.86. The van der Waals surface area contributed by atoms with E-state index in [2.05, 4.69) is 32.3 Å². The fraction of sp³-hybridized carbons (Fsp3) is 0.429. The third kappa shape index (κ3) is 1.78. The number of fused-ring (bicyclic) bond motifs is 1. The van der Waals surface area contributed by atoms with Crippen LogP contribution in [-0.4, -0.2) is 11.5 Å². The predicted molar refractivity (Wildman–Crippen MR) is 51.2 cm³/mol. The topological polar surface area (TPSA) is 27.8 Å². The fourth-order valence-corrected chi connectivity index (χ4v) is 1.83. The summed E-state index contributed by atoms with van der Waals surface area (Å²) in [7, 11) is 0. The second-order valence-corrected chi connectivity index (χ2v) is 3.40. The molecule has 1 aliphatic heterocycles. The predicted octanol–water partition coefficient (Wildman–Crippen LogP) is 1.84. The molecule has 2 rings (SSSR count). The molecule has 0 bridgehead atoms. The molecule has 0 radical (unpaired) electrons. The minimum atomic E-state index is 0. The van der Waals surface area contributed by atoms with Gasteiger partial charge in [0.1, 0.15) is 0 Å². The molecule has 1 aromatic heterocycles. The molecule has 2 heterocycles. The number of H-pyrrole nitrogens is 1. The Bertz CT molecular complexity index is 223. The molecular weight excluding hydrogens is 227 g/mol. The molecule has 2 N–H and O–H groups in total. The van der Waals surface area contributed by atoms with Gasteiger partial charge in [0.2, 0.25) is 0 Å². The molecule has 0 saturated heterocycles. The van der Waals surface area contributed by atoms with Crippen molar-refractivity contribution >= 4 is 28.3 Å². The van der Waals surface area contributed by atoms with E-state index >= 15 is 0 Å². The van der Waals surface area contributed by atoms with Gasteiger partial charge in [0, 0.05) is 25.2 Å². The van der Waals surface area contributed by atoms with Gasteiger partial charge in [0.25, 0.3) is 0 Å². The Morgan fingerprint density at radius 3 is 3.00 bits per heavy atom. The molecule has 0 saturated carbocycles. The Balaban J connectivity index is 0.000000605. The third-order valence-corrected chi connectivity index (χ3v) is 2.25. The van der Waals surface area contributed by atoms with E-state index < -0.39 is 0 Å². The van der Waals surface area contributed by atoms with Crippen molar-refractivity contribution in [1.29, 1.82) is 0 Å². The summed E-state index contributed by atoms with van der Waals surface area (Å²) in [6.45, 7) is 2.11. The van der Waals surface area contributed by atoms with Crippen molar-refractivity contribution in [1.82, 2.24) is 10.3 Å². The molecule has 0 aliphatic carbocycles. The minimum Gasteiger partial charge on any atom is -0.353 e. The van der Waals surface area contributed by atoms with Gasteiger partial charge in [-0.2, -0.15) is 0 Å². The summed E-state index contributed by atoms with van der Waals surface area (Å²) in [6, 6.07) is 2.14. The largest absolute Gasteiger partial charge is 0.353 e. The second-order valence-electron chi connectivity index (χ2n) is 2.55. The van der Waals surface area contributed by atoms with E-state index in [0.717, 1.165) is 24.1 Å². The summed E-state index contributed by atoms with van der Waals surface area (Å²) in [5.74, 6) is 0. The van der Waals surface area contributed by atoms with E-state index in [9.17, 15) is 0 Å². The summed E-state index contributed by atoms with van der Waals surface area (Å²) in [5, 5.41) is 3.31. The minimum absolute atomic E-state index is 0. The van der Waals surface area contributed by atoms with Crippen molar-refractivity contribution in [3.63, 3.8) is 0 Å². The van der Waals surface area contributed by atoms with Crippen molar-refractivity contribution in [2.75, 3.05) is 6.54 Å². The standard InChI is InChI=1S/C7H9BrN2.ClH/c8-7-3-5-4-9-2-1-6(5)10-7;/h3,9-10H,1-2,4H2;1H. The normalized spacial score (nSPS) is 15.4. The van der Waals surface area contributed by atoms with E-state index in [1.54, 1.807) is 0 Å². The first-order valence-electron chi connectivity index (χ1n) is 3.43. The van der Waals surface area contributed by atoms with Crippen molar-refractivity contribution < 1.29 is 0 Å². The van der Waals surface area contributed by atoms with Gasteiger partial charge in [-0.05, 0) is 27.6 Å². The molecule has 1 aromatic rings. The maximum absolute atomic E-state index is 3.41. The van der Waals surface area contributed by atoms with Crippen LogP contribution < -0.4 is 5.32 Å². The van der Waals surface area contributed by atoms with Crippen LogP contribution in [0.3, 0.4) is 0 Å². The van der Waals surface area contributed by atoms with Crippen molar-refractivity contribution in [2.24, 2.45) is 0 Å². The lowest BCUT2D eigenvalue weighted by Gasteiger charge is -2.11. The number of halogens is 2. The molecule has 4 heteroatoms. The van der Waals surface area contributed by atoms with E-state index in [0.29, 0.717) is 0 Å². The van der Waals surface area contributed by atoms with E-state index in [1.165, 1.54) is 11.3 Å². The molecule has 1 aliphatic rings. The molecule has 2 nitrogen and oxygen atoms in total. The molecule has 0 spiro atoms. The van der Waals surface area contributed by atoms with Crippen molar-refractivity contribution in [3.8, 4) is 0 Å². The number of hydrogen-bond donors (Lipinski definition) is 2. The van der Waals surface area contributed by atoms with Gasteiger partial charge in [-0.3, -0.25) is 0 Å². The summed E-state index contributed by atoms with van der Waals surface area (Å²) in [4.78, 5) is 3.27. The van der Waals surface area contributed by atoms with E-state index in [1.807, 2.05) is 0 Å². The summed E-state index contributed by atoms with van der Waals surface area (Å²) in [5.41, 5.74) is 2.78. The van der Waals surface area contributed by atoms with Crippen LogP contribution in [0.2, 0.25) is 0 Å². The maximum Gasteiger partial charge on any atom is 0.0825 e. The Labute approximate surface area is 80.3 Å². The van der Waals surface area contributed by atoms with Crippen LogP contribution in [0.5, 0.6) is 0 Å². The van der Waals surface area contributed by atoms with Crippen molar-refractivity contribution in [2.45, 2.75) is 13.0 Å². The lowest BCUT2D eigenvalue weighted by Crippen LogP contribution is -2.22. The number of aromatic nitrogens is 1. The lowest BCUT2D eigenvalue weighted by atomic mass is 10.1. The average molecular weight is 238 g/mol. The van der Waals surface area contributed by atoms with Crippen LogP contribution in [0.15, 0.2) is 10.7 Å². The van der Waals surface area contributed by atoms with Crippen LogP contribution in [0.1, 0.15) is 11.3 Å². The third-order valence-electron chi connectivity index (χ3n) is 1.83. The molecule has 0 unspecified atom stereocenters. The van der Waals surface area contributed by atoms with Gasteiger partial charge < -0.3 is 10.3 Å². The summed E-state index contributed by atoms with van der Waals surface area (Å²) < 4.78 is 1.10. The van der Waals surface area contributed by atoms with Crippen LogP contribution in [0, 0.1) is 0 Å². The molecule has 0 aromatic carbocycles. The zero-order valence-corrected chi connectivity index (χ0v) is 8.39. The molecule has 62 valence electrons. The molecule has 0 fully saturated rings. The van der Waals surface area contributed by atoms with Gasteiger partial charge in [-0.25, -0.2) is 0 Å². The first kappa shape index (κ1) is 9.10. The maximum atomic E-state index is 3.41. The average Bonchev–Trinajstić information content (AvgIpc) is 2.27. The molecular formula is C7H10BrClN2. The zero-order valence-electron chi connectivity index (χ0n) is 5.98. The Morgan fingerprint density at radius 2 is 2.27 bits per heavy atom. The van der Waals surface area contributed by atoms with Crippen LogP contribution >= 0.6 is 28.3 Å². The number of hydrogen-bond acceptors (Lipinski definition) is 1.